The second kappa shape index (κ2) is 6.02. The van der Waals surface area contributed by atoms with Crippen molar-refractivity contribution in [3.8, 4) is 0 Å². The minimum absolute atomic E-state index is 0.470. The molecule has 0 amide bonds. The quantitative estimate of drug-likeness (QED) is 0.350. The average molecular weight is 237 g/mol. The molecule has 0 fully saturated rings. The topological polar surface area (TPSA) is 54.2 Å². The molecule has 0 saturated carbocycles. The van der Waals surface area contributed by atoms with E-state index in [-0.39, 0.29) is 0 Å². The van der Waals surface area contributed by atoms with Crippen LogP contribution in [0.5, 0.6) is 0 Å². The van der Waals surface area contributed by atoms with Crippen LogP contribution in [0.25, 0.3) is 0 Å². The summed E-state index contributed by atoms with van der Waals surface area (Å²) in [6.07, 6.45) is 5.30. The van der Waals surface area contributed by atoms with Crippen LogP contribution < -0.4 is 10.7 Å². The van der Waals surface area contributed by atoms with Crippen LogP contribution in [0.2, 0.25) is 0 Å². The molecule has 0 aliphatic carbocycles. The zero-order valence-corrected chi connectivity index (χ0v) is 10.2. The number of hydrazone groups is 1. The molecule has 1 rings (SSSR count). The number of hydrogen-bond acceptors (Lipinski definition) is 3. The monoisotopic (exact) mass is 237 g/mol. The van der Waals surface area contributed by atoms with Crippen LogP contribution in [-0.4, -0.2) is 27.7 Å². The van der Waals surface area contributed by atoms with Crippen molar-refractivity contribution < 1.29 is 0 Å². The van der Waals surface area contributed by atoms with E-state index in [2.05, 4.69) is 27.5 Å². The summed E-state index contributed by atoms with van der Waals surface area (Å²) in [5.74, 6) is 0. The van der Waals surface area contributed by atoms with Gasteiger partial charge in [0.05, 0.1) is 11.9 Å². The summed E-state index contributed by atoms with van der Waals surface area (Å²) in [6, 6.07) is 0. The summed E-state index contributed by atoms with van der Waals surface area (Å²) < 4.78 is 1.74. The number of nitrogens with zero attached hydrogens (tertiary/aromatic N) is 3. The first kappa shape index (κ1) is 12.4. The maximum atomic E-state index is 4.97. The molecule has 1 heterocycles. The van der Waals surface area contributed by atoms with Gasteiger partial charge in [-0.25, -0.2) is 0 Å². The van der Waals surface area contributed by atoms with Gasteiger partial charge in [-0.1, -0.05) is 6.08 Å². The molecular weight excluding hydrogens is 222 g/mol. The fraction of sp³-hybridized carbons (Fsp3) is 0.300. The van der Waals surface area contributed by atoms with Crippen LogP contribution in [0.1, 0.15) is 11.3 Å². The Morgan fingerprint density at radius 1 is 1.75 bits per heavy atom. The lowest BCUT2D eigenvalue weighted by Crippen LogP contribution is -2.31. The van der Waals surface area contributed by atoms with E-state index in [0.29, 0.717) is 11.7 Å². The second-order valence-corrected chi connectivity index (χ2v) is 3.62. The fourth-order valence-corrected chi connectivity index (χ4v) is 1.25. The highest BCUT2D eigenvalue weighted by molar-refractivity contribution is 7.80. The first-order valence-corrected chi connectivity index (χ1v) is 5.22. The number of thiocarbonyl (C=S) groups is 1. The molecule has 1 aromatic heterocycles. The minimum atomic E-state index is 0.470. The summed E-state index contributed by atoms with van der Waals surface area (Å²) in [5, 5.41) is 11.6. The van der Waals surface area contributed by atoms with E-state index in [4.69, 9.17) is 12.2 Å². The number of aryl methyl sites for hydroxylation is 2. The highest BCUT2D eigenvalue weighted by atomic mass is 32.1. The highest BCUT2D eigenvalue weighted by Gasteiger charge is 1.98. The smallest absolute Gasteiger partial charge is 0.187 e. The lowest BCUT2D eigenvalue weighted by Gasteiger charge is -2.02. The molecular formula is C10H15N5S. The lowest BCUT2D eigenvalue weighted by atomic mass is 10.3. The van der Waals surface area contributed by atoms with Crippen LogP contribution in [-0.2, 0) is 7.05 Å². The summed E-state index contributed by atoms with van der Waals surface area (Å²) in [6.45, 7) is 6.12. The number of rotatable bonds is 4. The maximum Gasteiger partial charge on any atom is 0.187 e. The molecule has 5 nitrogen and oxygen atoms in total. The molecule has 0 bridgehead atoms. The van der Waals surface area contributed by atoms with E-state index in [1.807, 2.05) is 20.2 Å². The summed E-state index contributed by atoms with van der Waals surface area (Å²) >= 11 is 4.97. The van der Waals surface area contributed by atoms with Gasteiger partial charge in [-0.05, 0) is 19.1 Å². The summed E-state index contributed by atoms with van der Waals surface area (Å²) in [7, 11) is 1.87. The molecule has 1 aromatic rings. The second-order valence-electron chi connectivity index (χ2n) is 3.21. The molecule has 0 aliphatic heterocycles. The van der Waals surface area contributed by atoms with Crippen LogP contribution in [0.4, 0.5) is 0 Å². The van der Waals surface area contributed by atoms with E-state index in [1.165, 1.54) is 0 Å². The molecule has 2 N–H and O–H groups in total. The third kappa shape index (κ3) is 3.82. The van der Waals surface area contributed by atoms with Crippen molar-refractivity contribution in [1.82, 2.24) is 20.5 Å². The molecule has 0 aliphatic rings. The molecule has 0 radical (unpaired) electrons. The van der Waals surface area contributed by atoms with Gasteiger partial charge in [0.1, 0.15) is 0 Å². The molecule has 0 atom stereocenters. The Labute approximate surface area is 100 Å². The summed E-state index contributed by atoms with van der Waals surface area (Å²) in [4.78, 5) is 0. The van der Waals surface area contributed by atoms with Gasteiger partial charge in [0.25, 0.3) is 0 Å². The molecule has 86 valence electrons. The molecule has 16 heavy (non-hydrogen) atoms. The Balaban J connectivity index is 2.45. The van der Waals surface area contributed by atoms with Crippen molar-refractivity contribution in [2.45, 2.75) is 6.92 Å². The van der Waals surface area contributed by atoms with Gasteiger partial charge in [0.2, 0.25) is 0 Å². The Morgan fingerprint density at radius 2 is 2.50 bits per heavy atom. The number of aromatic nitrogens is 2. The molecule has 0 spiro atoms. The number of hydrogen-bond donors (Lipinski definition) is 2. The van der Waals surface area contributed by atoms with Gasteiger partial charge in [-0.2, -0.15) is 10.2 Å². The minimum Gasteiger partial charge on any atom is -0.358 e. The van der Waals surface area contributed by atoms with Crippen molar-refractivity contribution in [1.29, 1.82) is 0 Å². The maximum absolute atomic E-state index is 4.97. The van der Waals surface area contributed by atoms with Crippen LogP contribution in [0.3, 0.4) is 0 Å². The highest BCUT2D eigenvalue weighted by Crippen LogP contribution is 1.99. The Hall–Kier alpha value is -1.69. The molecule has 0 aromatic carbocycles. The van der Waals surface area contributed by atoms with Crippen LogP contribution in [0.15, 0.2) is 24.0 Å². The van der Waals surface area contributed by atoms with E-state index in [0.717, 1.165) is 11.3 Å². The predicted octanol–water partition coefficient (Wildman–Crippen LogP) is 0.713. The average Bonchev–Trinajstić information content (AvgIpc) is 2.55. The van der Waals surface area contributed by atoms with Crippen molar-refractivity contribution in [3.05, 3.63) is 30.1 Å². The molecule has 0 saturated heterocycles. The standard InChI is InChI=1S/C10H15N5S/c1-4-5-11-10(16)13-12-6-9-7-15(3)14-8(9)2/h4,6-7H,1,5H2,2-3H3,(H2,11,13,16). The van der Waals surface area contributed by atoms with Gasteiger partial charge in [0, 0.05) is 25.4 Å². The van der Waals surface area contributed by atoms with Crippen molar-refractivity contribution in [2.24, 2.45) is 12.1 Å². The largest absolute Gasteiger partial charge is 0.358 e. The molecule has 6 heteroatoms. The van der Waals surface area contributed by atoms with Crippen LogP contribution in [0, 0.1) is 6.92 Å². The zero-order valence-electron chi connectivity index (χ0n) is 9.40. The van der Waals surface area contributed by atoms with Crippen molar-refractivity contribution in [3.63, 3.8) is 0 Å². The third-order valence-electron chi connectivity index (χ3n) is 1.83. The first-order valence-electron chi connectivity index (χ1n) is 4.81. The Bertz CT molecular complexity index is 407. The van der Waals surface area contributed by atoms with Gasteiger partial charge in [-0.3, -0.25) is 10.1 Å². The predicted molar refractivity (Wildman–Crippen MR) is 69.5 cm³/mol. The SMILES string of the molecule is C=CCNC(=S)NN=Cc1cn(C)nc1C. The number of nitrogens with one attached hydrogen (secondary N) is 2. The van der Waals surface area contributed by atoms with Crippen molar-refractivity contribution >= 4 is 23.5 Å². The first-order chi connectivity index (χ1) is 7.63. The van der Waals surface area contributed by atoms with Gasteiger partial charge >= 0.3 is 0 Å². The van der Waals surface area contributed by atoms with E-state index in [1.54, 1.807) is 17.0 Å². The van der Waals surface area contributed by atoms with Gasteiger partial charge < -0.3 is 5.32 Å². The van der Waals surface area contributed by atoms with Gasteiger partial charge in [-0.15, -0.1) is 6.58 Å². The van der Waals surface area contributed by atoms with Crippen molar-refractivity contribution in [2.75, 3.05) is 6.54 Å². The Kier molecular flexibility index (Phi) is 4.65. The van der Waals surface area contributed by atoms with Gasteiger partial charge in [0.15, 0.2) is 5.11 Å². The van der Waals surface area contributed by atoms with E-state index < -0.39 is 0 Å². The normalized spacial score (nSPS) is 10.4. The van der Waals surface area contributed by atoms with E-state index >= 15 is 0 Å². The van der Waals surface area contributed by atoms with E-state index in [9.17, 15) is 0 Å². The fourth-order valence-electron chi connectivity index (χ4n) is 1.11. The molecule has 0 unspecified atom stereocenters. The third-order valence-corrected chi connectivity index (χ3v) is 2.06. The Morgan fingerprint density at radius 3 is 3.06 bits per heavy atom. The summed E-state index contributed by atoms with van der Waals surface area (Å²) in [5.41, 5.74) is 4.60. The van der Waals surface area contributed by atoms with Crippen LogP contribution >= 0.6 is 12.2 Å². The lowest BCUT2D eigenvalue weighted by molar-refractivity contribution is 0.756. The zero-order chi connectivity index (χ0) is 12.0.